The SMILES string of the molecule is Cc1ccc(OCCOCCNCCO)cc1C. The van der Waals surface area contributed by atoms with Crippen molar-refractivity contribution in [3.63, 3.8) is 0 Å². The van der Waals surface area contributed by atoms with E-state index in [1.807, 2.05) is 12.1 Å². The molecule has 4 nitrogen and oxygen atoms in total. The Labute approximate surface area is 109 Å². The molecule has 0 bridgehead atoms. The highest BCUT2D eigenvalue weighted by atomic mass is 16.5. The van der Waals surface area contributed by atoms with Crippen molar-refractivity contribution < 1.29 is 14.6 Å². The average molecular weight is 253 g/mol. The van der Waals surface area contributed by atoms with Crippen molar-refractivity contribution in [1.29, 1.82) is 0 Å². The number of hydrogen-bond donors (Lipinski definition) is 2. The van der Waals surface area contributed by atoms with Gasteiger partial charge in [0.05, 0.1) is 19.8 Å². The van der Waals surface area contributed by atoms with E-state index in [0.29, 0.717) is 26.4 Å². The van der Waals surface area contributed by atoms with Crippen LogP contribution in [0.3, 0.4) is 0 Å². The maximum atomic E-state index is 8.55. The molecule has 1 aromatic rings. The predicted octanol–water partition coefficient (Wildman–Crippen LogP) is 1.28. The normalized spacial score (nSPS) is 10.6. The highest BCUT2D eigenvalue weighted by Gasteiger charge is 1.97. The van der Waals surface area contributed by atoms with Gasteiger partial charge in [0.15, 0.2) is 0 Å². The molecule has 0 aliphatic carbocycles. The molecule has 4 heteroatoms. The summed E-state index contributed by atoms with van der Waals surface area (Å²) in [6.45, 7) is 7.46. The molecule has 0 unspecified atom stereocenters. The number of nitrogens with one attached hydrogen (secondary N) is 1. The van der Waals surface area contributed by atoms with Crippen molar-refractivity contribution in [3.8, 4) is 5.75 Å². The van der Waals surface area contributed by atoms with Crippen LogP contribution < -0.4 is 10.1 Å². The molecule has 0 fully saturated rings. The Hall–Kier alpha value is -1.10. The van der Waals surface area contributed by atoms with Crippen molar-refractivity contribution >= 4 is 0 Å². The van der Waals surface area contributed by atoms with Crippen LogP contribution in [0.5, 0.6) is 5.75 Å². The van der Waals surface area contributed by atoms with E-state index in [2.05, 4.69) is 25.2 Å². The average Bonchev–Trinajstić information content (AvgIpc) is 2.37. The highest BCUT2D eigenvalue weighted by molar-refractivity contribution is 5.33. The van der Waals surface area contributed by atoms with Gasteiger partial charge in [0, 0.05) is 13.1 Å². The van der Waals surface area contributed by atoms with Crippen molar-refractivity contribution in [3.05, 3.63) is 29.3 Å². The molecule has 0 radical (unpaired) electrons. The van der Waals surface area contributed by atoms with E-state index in [-0.39, 0.29) is 6.61 Å². The number of hydrogen-bond acceptors (Lipinski definition) is 4. The summed E-state index contributed by atoms with van der Waals surface area (Å²) >= 11 is 0. The molecule has 0 heterocycles. The maximum Gasteiger partial charge on any atom is 0.119 e. The second-order valence-corrected chi connectivity index (χ2v) is 4.18. The lowest BCUT2D eigenvalue weighted by atomic mass is 10.1. The Morgan fingerprint density at radius 2 is 1.89 bits per heavy atom. The summed E-state index contributed by atoms with van der Waals surface area (Å²) in [5.41, 5.74) is 2.51. The summed E-state index contributed by atoms with van der Waals surface area (Å²) in [5.74, 6) is 0.889. The van der Waals surface area contributed by atoms with Crippen LogP contribution in [0.15, 0.2) is 18.2 Å². The van der Waals surface area contributed by atoms with Crippen LogP contribution >= 0.6 is 0 Å². The standard InChI is InChI=1S/C14H23NO3/c1-12-3-4-14(11-13(12)2)18-10-9-17-8-6-15-5-7-16/h3-4,11,15-16H,5-10H2,1-2H3. The fourth-order valence-corrected chi connectivity index (χ4v) is 1.47. The molecule has 2 N–H and O–H groups in total. The lowest BCUT2D eigenvalue weighted by molar-refractivity contribution is 0.101. The molecule has 0 amide bonds. The van der Waals surface area contributed by atoms with Gasteiger partial charge in [-0.25, -0.2) is 0 Å². The summed E-state index contributed by atoms with van der Waals surface area (Å²) in [4.78, 5) is 0. The van der Waals surface area contributed by atoms with Gasteiger partial charge in [-0.05, 0) is 37.1 Å². The van der Waals surface area contributed by atoms with E-state index in [0.717, 1.165) is 12.3 Å². The summed E-state index contributed by atoms with van der Waals surface area (Å²) in [6.07, 6.45) is 0. The van der Waals surface area contributed by atoms with Crippen LogP contribution in [0.25, 0.3) is 0 Å². The van der Waals surface area contributed by atoms with Crippen LogP contribution in [0.4, 0.5) is 0 Å². The van der Waals surface area contributed by atoms with Gasteiger partial charge in [-0.15, -0.1) is 0 Å². The van der Waals surface area contributed by atoms with Crippen LogP contribution in [-0.4, -0.2) is 44.6 Å². The van der Waals surface area contributed by atoms with Gasteiger partial charge in [-0.1, -0.05) is 6.07 Å². The molecule has 18 heavy (non-hydrogen) atoms. The number of ether oxygens (including phenoxy) is 2. The van der Waals surface area contributed by atoms with E-state index in [1.165, 1.54) is 11.1 Å². The molecule has 0 saturated heterocycles. The van der Waals surface area contributed by atoms with Crippen LogP contribution in [0.2, 0.25) is 0 Å². The number of benzene rings is 1. The van der Waals surface area contributed by atoms with E-state index < -0.39 is 0 Å². The number of rotatable bonds is 9. The summed E-state index contributed by atoms with van der Waals surface area (Å²) in [7, 11) is 0. The summed E-state index contributed by atoms with van der Waals surface area (Å²) in [6, 6.07) is 6.08. The lowest BCUT2D eigenvalue weighted by Gasteiger charge is -2.09. The molecule has 0 aliphatic heterocycles. The second-order valence-electron chi connectivity index (χ2n) is 4.18. The van der Waals surface area contributed by atoms with Gasteiger partial charge in [-0.2, -0.15) is 0 Å². The zero-order valence-electron chi connectivity index (χ0n) is 11.2. The molecule has 0 aromatic heterocycles. The minimum absolute atomic E-state index is 0.163. The molecule has 1 aromatic carbocycles. The van der Waals surface area contributed by atoms with Crippen molar-refractivity contribution in [2.24, 2.45) is 0 Å². The van der Waals surface area contributed by atoms with Crippen molar-refractivity contribution in [1.82, 2.24) is 5.32 Å². The summed E-state index contributed by atoms with van der Waals surface area (Å²) in [5, 5.41) is 11.6. The van der Waals surface area contributed by atoms with Crippen LogP contribution in [0, 0.1) is 13.8 Å². The molecule has 0 saturated carbocycles. The third kappa shape index (κ3) is 6.00. The van der Waals surface area contributed by atoms with E-state index in [4.69, 9.17) is 14.6 Å². The predicted molar refractivity (Wildman–Crippen MR) is 72.2 cm³/mol. The van der Waals surface area contributed by atoms with Crippen LogP contribution in [-0.2, 0) is 4.74 Å². The van der Waals surface area contributed by atoms with Gasteiger partial charge < -0.3 is 19.9 Å². The molecule has 0 aliphatic rings. The Balaban J connectivity index is 2.05. The molecule has 102 valence electrons. The third-order valence-corrected chi connectivity index (χ3v) is 2.69. The zero-order valence-corrected chi connectivity index (χ0v) is 11.2. The highest BCUT2D eigenvalue weighted by Crippen LogP contribution is 2.16. The monoisotopic (exact) mass is 253 g/mol. The van der Waals surface area contributed by atoms with Crippen LogP contribution in [0.1, 0.15) is 11.1 Å². The Kier molecular flexibility index (Phi) is 7.41. The van der Waals surface area contributed by atoms with E-state index in [1.54, 1.807) is 0 Å². The first-order valence-corrected chi connectivity index (χ1v) is 6.33. The van der Waals surface area contributed by atoms with Gasteiger partial charge in [0.1, 0.15) is 12.4 Å². The van der Waals surface area contributed by atoms with Gasteiger partial charge in [0.25, 0.3) is 0 Å². The Morgan fingerprint density at radius 1 is 1.06 bits per heavy atom. The fraction of sp³-hybridized carbons (Fsp3) is 0.571. The minimum Gasteiger partial charge on any atom is -0.491 e. The first kappa shape index (κ1) is 15.0. The first-order chi connectivity index (χ1) is 8.74. The largest absolute Gasteiger partial charge is 0.491 e. The van der Waals surface area contributed by atoms with E-state index >= 15 is 0 Å². The molecule has 0 atom stereocenters. The molecular formula is C14H23NO3. The summed E-state index contributed by atoms with van der Waals surface area (Å²) < 4.78 is 11.0. The fourth-order valence-electron chi connectivity index (χ4n) is 1.47. The smallest absolute Gasteiger partial charge is 0.119 e. The first-order valence-electron chi connectivity index (χ1n) is 6.33. The van der Waals surface area contributed by atoms with Gasteiger partial charge in [0.2, 0.25) is 0 Å². The quantitative estimate of drug-likeness (QED) is 0.651. The number of aliphatic hydroxyl groups is 1. The lowest BCUT2D eigenvalue weighted by Crippen LogP contribution is -2.23. The molecule has 1 rings (SSSR count). The molecular weight excluding hydrogens is 230 g/mol. The topological polar surface area (TPSA) is 50.7 Å². The maximum absolute atomic E-state index is 8.55. The Morgan fingerprint density at radius 3 is 2.61 bits per heavy atom. The van der Waals surface area contributed by atoms with Gasteiger partial charge in [-0.3, -0.25) is 0 Å². The van der Waals surface area contributed by atoms with Crippen molar-refractivity contribution in [2.45, 2.75) is 13.8 Å². The number of aliphatic hydroxyl groups excluding tert-OH is 1. The minimum atomic E-state index is 0.163. The van der Waals surface area contributed by atoms with E-state index in [9.17, 15) is 0 Å². The Bertz CT molecular complexity index is 342. The third-order valence-electron chi connectivity index (χ3n) is 2.69. The zero-order chi connectivity index (χ0) is 13.2. The van der Waals surface area contributed by atoms with Gasteiger partial charge >= 0.3 is 0 Å². The second kappa shape index (κ2) is 8.91. The number of aryl methyl sites for hydroxylation is 2. The molecule has 0 spiro atoms. The van der Waals surface area contributed by atoms with Crippen molar-refractivity contribution in [2.75, 3.05) is 39.5 Å².